The molecule has 2 amide bonds. The van der Waals surface area contributed by atoms with Crippen LogP contribution in [0.1, 0.15) is 34.1 Å². The van der Waals surface area contributed by atoms with Gasteiger partial charge >= 0.3 is 18.0 Å². The molecule has 0 aliphatic heterocycles. The first-order chi connectivity index (χ1) is 9.30. The summed E-state index contributed by atoms with van der Waals surface area (Å²) in [5, 5.41) is 11.7. The quantitative estimate of drug-likeness (QED) is 0.652. The number of urea groups is 1. The van der Waals surface area contributed by atoms with Gasteiger partial charge in [0.25, 0.3) is 0 Å². The van der Waals surface area contributed by atoms with Crippen LogP contribution in [0.2, 0.25) is 0 Å². The second-order valence-corrected chi connectivity index (χ2v) is 4.70. The van der Waals surface area contributed by atoms with E-state index < -0.39 is 23.4 Å². The number of nitrogens with zero attached hydrogens (tertiary/aromatic N) is 1. The SMILES string of the molecule is CCOC(=O)CN(CC)C(=O)NCC(C)(CC)C(=O)O. The number of carboxylic acids is 1. The minimum absolute atomic E-state index is 0.0109. The molecule has 0 aromatic carbocycles. The van der Waals surface area contributed by atoms with E-state index in [1.807, 2.05) is 0 Å². The van der Waals surface area contributed by atoms with E-state index in [1.54, 1.807) is 27.7 Å². The van der Waals surface area contributed by atoms with E-state index in [0.717, 1.165) is 0 Å². The minimum Gasteiger partial charge on any atom is -0.481 e. The van der Waals surface area contributed by atoms with Crippen LogP contribution >= 0.6 is 0 Å². The molecule has 2 N–H and O–H groups in total. The van der Waals surface area contributed by atoms with Crippen LogP contribution in [0.5, 0.6) is 0 Å². The topological polar surface area (TPSA) is 95.9 Å². The lowest BCUT2D eigenvalue weighted by molar-refractivity contribution is -0.148. The highest BCUT2D eigenvalue weighted by atomic mass is 16.5. The van der Waals surface area contributed by atoms with Gasteiger partial charge in [-0.15, -0.1) is 0 Å². The molecule has 7 nitrogen and oxygen atoms in total. The molecule has 0 heterocycles. The normalized spacial score (nSPS) is 13.2. The Labute approximate surface area is 119 Å². The number of esters is 1. The summed E-state index contributed by atoms with van der Waals surface area (Å²) in [6.07, 6.45) is 0.395. The highest BCUT2D eigenvalue weighted by Gasteiger charge is 2.32. The number of amides is 2. The van der Waals surface area contributed by atoms with Gasteiger partial charge < -0.3 is 20.1 Å². The lowest BCUT2D eigenvalue weighted by atomic mass is 9.88. The second-order valence-electron chi connectivity index (χ2n) is 4.70. The van der Waals surface area contributed by atoms with Crippen molar-refractivity contribution in [2.45, 2.75) is 34.1 Å². The van der Waals surface area contributed by atoms with E-state index in [1.165, 1.54) is 4.90 Å². The van der Waals surface area contributed by atoms with E-state index in [9.17, 15) is 14.4 Å². The zero-order chi connectivity index (χ0) is 15.8. The monoisotopic (exact) mass is 288 g/mol. The molecule has 1 unspecified atom stereocenters. The van der Waals surface area contributed by atoms with E-state index in [0.29, 0.717) is 13.0 Å². The maximum absolute atomic E-state index is 11.9. The summed E-state index contributed by atoms with van der Waals surface area (Å²) in [4.78, 5) is 35.7. The summed E-state index contributed by atoms with van der Waals surface area (Å²) < 4.78 is 4.77. The minimum atomic E-state index is -1.01. The average molecular weight is 288 g/mol. The van der Waals surface area contributed by atoms with Crippen LogP contribution in [0.3, 0.4) is 0 Å². The summed E-state index contributed by atoms with van der Waals surface area (Å²) in [6, 6.07) is -0.471. The number of aliphatic carboxylic acids is 1. The highest BCUT2D eigenvalue weighted by Crippen LogP contribution is 2.19. The summed E-state index contributed by atoms with van der Waals surface area (Å²) >= 11 is 0. The molecule has 0 spiro atoms. The molecule has 0 aromatic rings. The summed E-state index contributed by atoms with van der Waals surface area (Å²) in [6.45, 7) is 7.19. The molecule has 0 rings (SSSR count). The van der Waals surface area contributed by atoms with Crippen molar-refractivity contribution < 1.29 is 24.2 Å². The lowest BCUT2D eigenvalue weighted by Crippen LogP contribution is -2.47. The van der Waals surface area contributed by atoms with Gasteiger partial charge in [-0.3, -0.25) is 9.59 Å². The van der Waals surface area contributed by atoms with Gasteiger partial charge in [0, 0.05) is 13.1 Å². The molecule has 0 radical (unpaired) electrons. The standard InChI is InChI=1S/C13H24N2O5/c1-5-13(4,11(17)18)9-14-12(19)15(6-2)8-10(16)20-7-3/h5-9H2,1-4H3,(H,14,19)(H,17,18). The van der Waals surface area contributed by atoms with Gasteiger partial charge in [0.05, 0.1) is 12.0 Å². The fourth-order valence-electron chi connectivity index (χ4n) is 1.42. The van der Waals surface area contributed by atoms with Gasteiger partial charge in [-0.05, 0) is 27.2 Å². The third-order valence-electron chi connectivity index (χ3n) is 3.22. The van der Waals surface area contributed by atoms with Gasteiger partial charge in [-0.1, -0.05) is 6.92 Å². The van der Waals surface area contributed by atoms with Crippen LogP contribution in [0.15, 0.2) is 0 Å². The number of nitrogens with one attached hydrogen (secondary N) is 1. The fourth-order valence-corrected chi connectivity index (χ4v) is 1.42. The molecular weight excluding hydrogens is 264 g/mol. The Morgan fingerprint density at radius 3 is 2.25 bits per heavy atom. The Morgan fingerprint density at radius 1 is 1.25 bits per heavy atom. The molecule has 20 heavy (non-hydrogen) atoms. The van der Waals surface area contributed by atoms with Gasteiger partial charge in [-0.2, -0.15) is 0 Å². The number of carbonyl (C=O) groups excluding carboxylic acids is 2. The highest BCUT2D eigenvalue weighted by molar-refractivity contribution is 5.82. The maximum Gasteiger partial charge on any atom is 0.325 e. The first-order valence-corrected chi connectivity index (χ1v) is 6.72. The van der Waals surface area contributed by atoms with Crippen molar-refractivity contribution in [2.24, 2.45) is 5.41 Å². The first-order valence-electron chi connectivity index (χ1n) is 6.72. The van der Waals surface area contributed by atoms with Crippen molar-refractivity contribution in [2.75, 3.05) is 26.2 Å². The van der Waals surface area contributed by atoms with Crippen molar-refractivity contribution in [1.82, 2.24) is 10.2 Å². The number of hydrogen-bond donors (Lipinski definition) is 2. The van der Waals surface area contributed by atoms with Crippen molar-refractivity contribution in [3.8, 4) is 0 Å². The molecule has 116 valence electrons. The Hall–Kier alpha value is -1.79. The number of carboxylic acid groups (broad SMARTS) is 1. The summed E-state index contributed by atoms with van der Waals surface area (Å²) in [7, 11) is 0. The molecule has 0 aliphatic rings. The molecule has 0 fully saturated rings. The van der Waals surface area contributed by atoms with E-state index >= 15 is 0 Å². The largest absolute Gasteiger partial charge is 0.481 e. The zero-order valence-electron chi connectivity index (χ0n) is 12.6. The Kier molecular flexibility index (Phi) is 7.64. The van der Waals surface area contributed by atoms with E-state index in [4.69, 9.17) is 9.84 Å². The van der Waals surface area contributed by atoms with Crippen molar-refractivity contribution in [3.05, 3.63) is 0 Å². The van der Waals surface area contributed by atoms with Crippen LogP contribution in [0, 0.1) is 5.41 Å². The first kappa shape index (κ1) is 18.2. The van der Waals surface area contributed by atoms with Gasteiger partial charge in [0.1, 0.15) is 6.54 Å². The van der Waals surface area contributed by atoms with Crippen molar-refractivity contribution in [1.29, 1.82) is 0 Å². The predicted molar refractivity (Wildman–Crippen MR) is 73.3 cm³/mol. The van der Waals surface area contributed by atoms with Gasteiger partial charge in [0.15, 0.2) is 0 Å². The lowest BCUT2D eigenvalue weighted by Gasteiger charge is -2.26. The summed E-state index contributed by atoms with van der Waals surface area (Å²) in [5.74, 6) is -1.45. The van der Waals surface area contributed by atoms with Crippen LogP contribution in [-0.2, 0) is 14.3 Å². The Balaban J connectivity index is 4.49. The molecule has 0 aromatic heterocycles. The van der Waals surface area contributed by atoms with Crippen LogP contribution in [0.25, 0.3) is 0 Å². The number of hydrogen-bond acceptors (Lipinski definition) is 4. The molecule has 0 aliphatic carbocycles. The van der Waals surface area contributed by atoms with E-state index in [2.05, 4.69) is 5.32 Å². The molecule has 0 bridgehead atoms. The van der Waals surface area contributed by atoms with Crippen molar-refractivity contribution >= 4 is 18.0 Å². The maximum atomic E-state index is 11.9. The molecular formula is C13H24N2O5. The number of carbonyl (C=O) groups is 3. The molecule has 0 saturated heterocycles. The summed E-state index contributed by atoms with van der Waals surface area (Å²) in [5.41, 5.74) is -1.01. The molecule has 0 saturated carbocycles. The second kappa shape index (κ2) is 8.39. The van der Waals surface area contributed by atoms with Crippen LogP contribution < -0.4 is 5.32 Å². The molecule has 1 atom stereocenters. The number of likely N-dealkylation sites (N-methyl/N-ethyl adjacent to an activating group) is 1. The van der Waals surface area contributed by atoms with Gasteiger partial charge in [0.2, 0.25) is 0 Å². The molecule has 7 heteroatoms. The number of rotatable bonds is 8. The van der Waals surface area contributed by atoms with Gasteiger partial charge in [-0.25, -0.2) is 4.79 Å². The van der Waals surface area contributed by atoms with Crippen LogP contribution in [0.4, 0.5) is 4.79 Å². The average Bonchev–Trinajstić information content (AvgIpc) is 2.41. The van der Waals surface area contributed by atoms with Crippen LogP contribution in [-0.4, -0.2) is 54.2 Å². The third kappa shape index (κ3) is 5.46. The predicted octanol–water partition coefficient (Wildman–Crippen LogP) is 1.08. The Morgan fingerprint density at radius 2 is 1.85 bits per heavy atom. The Bertz CT molecular complexity index is 359. The zero-order valence-corrected chi connectivity index (χ0v) is 12.6. The van der Waals surface area contributed by atoms with E-state index in [-0.39, 0.29) is 19.7 Å². The number of ether oxygens (including phenoxy) is 1. The smallest absolute Gasteiger partial charge is 0.325 e. The fraction of sp³-hybridized carbons (Fsp3) is 0.769. The third-order valence-corrected chi connectivity index (χ3v) is 3.22. The van der Waals surface area contributed by atoms with Crippen molar-refractivity contribution in [3.63, 3.8) is 0 Å².